The van der Waals surface area contributed by atoms with Crippen LogP contribution < -0.4 is 0 Å². The van der Waals surface area contributed by atoms with Crippen LogP contribution in [-0.4, -0.2) is 29.2 Å². The van der Waals surface area contributed by atoms with Crippen molar-refractivity contribution in [3.05, 3.63) is 71.3 Å². The summed E-state index contributed by atoms with van der Waals surface area (Å²) in [7, 11) is 0. The zero-order valence-electron chi connectivity index (χ0n) is 15.5. The molecule has 4 rings (SSSR count). The first-order valence-electron chi connectivity index (χ1n) is 9.60. The van der Waals surface area contributed by atoms with Crippen LogP contribution in [-0.2, 0) is 16.2 Å². The van der Waals surface area contributed by atoms with Gasteiger partial charge >= 0.3 is 0 Å². The normalized spacial score (nSPS) is 18.9. The molecule has 4 nitrogen and oxygen atoms in total. The molecule has 1 amide bonds. The lowest BCUT2D eigenvalue weighted by atomic mass is 9.84. The Bertz CT molecular complexity index is 878. The maximum absolute atomic E-state index is 13.6. The lowest BCUT2D eigenvalue weighted by Crippen LogP contribution is -2.42. The zero-order valence-corrected chi connectivity index (χ0v) is 15.5. The monoisotopic (exact) mass is 384 g/mol. The Balaban J connectivity index is 1.43. The van der Waals surface area contributed by atoms with Gasteiger partial charge in [-0.1, -0.05) is 35.8 Å². The average Bonchev–Trinajstić information content (AvgIpc) is 3.09. The van der Waals surface area contributed by atoms with Crippen LogP contribution >= 0.6 is 0 Å². The second-order valence-corrected chi connectivity index (χ2v) is 7.45. The van der Waals surface area contributed by atoms with Crippen LogP contribution in [0.4, 0.5) is 8.78 Å². The number of halogens is 2. The maximum Gasteiger partial charge on any atom is 0.226 e. The summed E-state index contributed by atoms with van der Waals surface area (Å²) in [5.41, 5.74) is 2.31. The molecule has 2 aromatic rings. The predicted molar refractivity (Wildman–Crippen MR) is 102 cm³/mol. The van der Waals surface area contributed by atoms with E-state index < -0.39 is 0 Å². The number of carbonyl (C=O) groups is 1. The van der Waals surface area contributed by atoms with E-state index in [1.807, 2.05) is 6.07 Å². The quantitative estimate of drug-likeness (QED) is 0.746. The average molecular weight is 384 g/mol. The van der Waals surface area contributed by atoms with E-state index in [9.17, 15) is 13.6 Å². The third-order valence-electron chi connectivity index (χ3n) is 5.36. The summed E-state index contributed by atoms with van der Waals surface area (Å²) < 4.78 is 26.7. The van der Waals surface area contributed by atoms with E-state index in [4.69, 9.17) is 4.84 Å². The number of nitrogens with zero attached hydrogens (tertiary/aromatic N) is 2. The van der Waals surface area contributed by atoms with Crippen LogP contribution in [0.2, 0.25) is 0 Å². The van der Waals surface area contributed by atoms with Gasteiger partial charge in [0.2, 0.25) is 5.91 Å². The molecule has 0 N–H and O–H groups in total. The van der Waals surface area contributed by atoms with Crippen molar-refractivity contribution in [2.75, 3.05) is 6.54 Å². The van der Waals surface area contributed by atoms with Gasteiger partial charge in [0, 0.05) is 18.9 Å². The SMILES string of the molecule is O=C(C1CCC1)N(Cc1cccc(F)c1)C[C@@H]1CC(c2ccc(F)cc2)=NO1. The van der Waals surface area contributed by atoms with Crippen molar-refractivity contribution < 1.29 is 18.4 Å². The van der Waals surface area contributed by atoms with E-state index in [1.165, 1.54) is 24.3 Å². The van der Waals surface area contributed by atoms with Crippen molar-refractivity contribution in [1.82, 2.24) is 4.90 Å². The molecule has 0 bridgehead atoms. The van der Waals surface area contributed by atoms with Crippen LogP contribution in [0.1, 0.15) is 36.8 Å². The second kappa shape index (κ2) is 8.09. The van der Waals surface area contributed by atoms with Gasteiger partial charge in [-0.2, -0.15) is 0 Å². The lowest BCUT2D eigenvalue weighted by Gasteiger charge is -2.32. The number of hydrogen-bond donors (Lipinski definition) is 0. The van der Waals surface area contributed by atoms with Gasteiger partial charge in [-0.3, -0.25) is 4.79 Å². The van der Waals surface area contributed by atoms with Crippen molar-refractivity contribution in [3.63, 3.8) is 0 Å². The molecule has 0 saturated heterocycles. The first-order chi connectivity index (χ1) is 13.6. The molecule has 28 heavy (non-hydrogen) atoms. The molecule has 1 fully saturated rings. The summed E-state index contributed by atoms with van der Waals surface area (Å²) in [5, 5.41) is 4.13. The molecule has 1 heterocycles. The van der Waals surface area contributed by atoms with E-state index in [0.29, 0.717) is 19.5 Å². The molecule has 2 aromatic carbocycles. The summed E-state index contributed by atoms with van der Waals surface area (Å²) in [6, 6.07) is 12.4. The molecule has 0 spiro atoms. The molecular formula is C22H22F2N2O2. The standard InChI is InChI=1S/C22H22F2N2O2/c23-18-9-7-16(8-10-18)21-12-20(28-25-21)14-26(22(27)17-4-2-5-17)13-15-3-1-6-19(24)11-15/h1,3,6-11,17,20H,2,4-5,12-14H2/t20-/m0/s1. The van der Waals surface area contributed by atoms with Crippen molar-refractivity contribution in [3.8, 4) is 0 Å². The molecule has 1 aliphatic carbocycles. The molecule has 1 atom stereocenters. The minimum Gasteiger partial charge on any atom is -0.390 e. The van der Waals surface area contributed by atoms with E-state index in [2.05, 4.69) is 5.16 Å². The van der Waals surface area contributed by atoms with E-state index in [1.54, 1.807) is 23.1 Å². The molecule has 0 aromatic heterocycles. The van der Waals surface area contributed by atoms with Gasteiger partial charge in [-0.25, -0.2) is 8.78 Å². The van der Waals surface area contributed by atoms with Gasteiger partial charge in [0.05, 0.1) is 12.3 Å². The summed E-state index contributed by atoms with van der Waals surface area (Å²) in [5.74, 6) is -0.471. The molecule has 6 heteroatoms. The van der Waals surface area contributed by atoms with E-state index >= 15 is 0 Å². The first-order valence-corrected chi connectivity index (χ1v) is 9.60. The highest BCUT2D eigenvalue weighted by molar-refractivity contribution is 6.01. The Hall–Kier alpha value is -2.76. The van der Waals surface area contributed by atoms with Gasteiger partial charge in [0.15, 0.2) is 6.10 Å². The number of oxime groups is 1. The fraction of sp³-hybridized carbons (Fsp3) is 0.364. The Morgan fingerprint density at radius 1 is 1.11 bits per heavy atom. The minimum absolute atomic E-state index is 0.0486. The summed E-state index contributed by atoms with van der Waals surface area (Å²) in [4.78, 5) is 20.2. The van der Waals surface area contributed by atoms with Crippen LogP contribution in [0, 0.1) is 17.6 Å². The number of carbonyl (C=O) groups excluding carboxylic acids is 1. The van der Waals surface area contributed by atoms with E-state index in [-0.39, 0.29) is 29.6 Å². The zero-order chi connectivity index (χ0) is 19.5. The van der Waals surface area contributed by atoms with Crippen LogP contribution in [0.3, 0.4) is 0 Å². The van der Waals surface area contributed by atoms with Gasteiger partial charge in [0.1, 0.15) is 11.6 Å². The molecule has 1 aliphatic heterocycles. The van der Waals surface area contributed by atoms with E-state index in [0.717, 1.165) is 36.1 Å². The molecule has 0 radical (unpaired) electrons. The molecular weight excluding hydrogens is 362 g/mol. The third-order valence-corrected chi connectivity index (χ3v) is 5.36. The maximum atomic E-state index is 13.6. The molecule has 1 saturated carbocycles. The highest BCUT2D eigenvalue weighted by atomic mass is 19.1. The third kappa shape index (κ3) is 4.21. The van der Waals surface area contributed by atoms with Crippen molar-refractivity contribution in [2.24, 2.45) is 11.1 Å². The largest absolute Gasteiger partial charge is 0.390 e. The van der Waals surface area contributed by atoms with Crippen molar-refractivity contribution in [1.29, 1.82) is 0 Å². The second-order valence-electron chi connectivity index (χ2n) is 7.45. The summed E-state index contributed by atoms with van der Waals surface area (Å²) >= 11 is 0. The van der Waals surface area contributed by atoms with Crippen molar-refractivity contribution in [2.45, 2.75) is 38.3 Å². The molecule has 0 unspecified atom stereocenters. The number of amides is 1. The highest BCUT2D eigenvalue weighted by Gasteiger charge is 2.33. The summed E-state index contributed by atoms with van der Waals surface area (Å²) in [6.45, 7) is 0.735. The highest BCUT2D eigenvalue weighted by Crippen LogP contribution is 2.29. The fourth-order valence-corrected chi connectivity index (χ4v) is 3.59. The topological polar surface area (TPSA) is 41.9 Å². The van der Waals surface area contributed by atoms with Crippen LogP contribution in [0.15, 0.2) is 53.7 Å². The van der Waals surface area contributed by atoms with Crippen molar-refractivity contribution >= 4 is 11.6 Å². The number of hydrogen-bond acceptors (Lipinski definition) is 3. The van der Waals surface area contributed by atoms with Gasteiger partial charge in [0.25, 0.3) is 0 Å². The van der Waals surface area contributed by atoms with Gasteiger partial charge in [-0.15, -0.1) is 0 Å². The smallest absolute Gasteiger partial charge is 0.226 e. The molecule has 2 aliphatic rings. The Kier molecular flexibility index (Phi) is 5.37. The van der Waals surface area contributed by atoms with Gasteiger partial charge in [-0.05, 0) is 48.2 Å². The van der Waals surface area contributed by atoms with Crippen LogP contribution in [0.5, 0.6) is 0 Å². The lowest BCUT2D eigenvalue weighted by molar-refractivity contribution is -0.140. The minimum atomic E-state index is -0.312. The first kappa shape index (κ1) is 18.6. The Morgan fingerprint density at radius 3 is 2.57 bits per heavy atom. The summed E-state index contributed by atoms with van der Waals surface area (Å²) in [6.07, 6.45) is 3.16. The molecule has 146 valence electrons. The predicted octanol–water partition coefficient (Wildman–Crippen LogP) is 4.29. The Labute approximate surface area is 162 Å². The van der Waals surface area contributed by atoms with Crippen LogP contribution in [0.25, 0.3) is 0 Å². The van der Waals surface area contributed by atoms with Gasteiger partial charge < -0.3 is 9.74 Å². The number of rotatable bonds is 6. The number of benzene rings is 2. The fourth-order valence-electron chi connectivity index (χ4n) is 3.59. The Morgan fingerprint density at radius 2 is 1.89 bits per heavy atom.